The van der Waals surface area contributed by atoms with Gasteiger partial charge in [-0.05, 0) is 61.7 Å². The van der Waals surface area contributed by atoms with Crippen molar-refractivity contribution < 1.29 is 22.7 Å². The number of rotatable bonds is 11. The van der Waals surface area contributed by atoms with E-state index in [0.717, 1.165) is 18.9 Å². The number of aromatic nitrogens is 12. The normalized spacial score (nSPS) is 14.9. The van der Waals surface area contributed by atoms with E-state index in [1.165, 1.54) is 23.8 Å². The molecule has 1 atom stereocenters. The van der Waals surface area contributed by atoms with Crippen molar-refractivity contribution in [1.82, 2.24) is 58.6 Å². The Bertz CT molecular complexity index is 3260. The summed E-state index contributed by atoms with van der Waals surface area (Å²) in [6.07, 6.45) is 1.36. The van der Waals surface area contributed by atoms with E-state index in [4.69, 9.17) is 9.84 Å². The van der Waals surface area contributed by atoms with Crippen molar-refractivity contribution >= 4 is 17.3 Å². The summed E-state index contributed by atoms with van der Waals surface area (Å²) >= 11 is 0. The Morgan fingerprint density at radius 3 is 2.26 bits per heavy atom. The lowest BCUT2D eigenvalue weighted by Crippen LogP contribution is -2.26. The van der Waals surface area contributed by atoms with Crippen LogP contribution in [0.4, 0.5) is 24.5 Å². The second-order valence-electron chi connectivity index (χ2n) is 16.5. The SMILES string of the molecule is CCn1nc(-c2cccc(N3Cc4c(cccc4C(F)(F)F)C3OC)c2)c(-c2nncn2C)c1-c1cc(NC(=O)c2cc(=O)n(C)c(C3CC3)n2)cc(-c2c(-c3nncn3C)cnn2C)c1. The fraction of sp³-hybridized carbons (Fsp3) is 0.283. The molecule has 2 aliphatic rings. The first kappa shape index (κ1) is 42.2. The average molecular weight is 897 g/mol. The van der Waals surface area contributed by atoms with Crippen molar-refractivity contribution in [3.05, 3.63) is 124 Å². The summed E-state index contributed by atoms with van der Waals surface area (Å²) in [5, 5.41) is 30.1. The highest BCUT2D eigenvalue weighted by Crippen LogP contribution is 2.47. The summed E-state index contributed by atoms with van der Waals surface area (Å²) in [5.41, 5.74) is 5.67. The number of nitrogens with zero attached hydrogens (tertiary/aromatic N) is 13. The maximum atomic E-state index is 14.2. The van der Waals surface area contributed by atoms with E-state index < -0.39 is 23.9 Å². The quantitative estimate of drug-likeness (QED) is 0.140. The standard InChI is InChI=1S/C46H43F3N14O3/c1-7-63-40(37(43-56-51-24-59(43)3)38(57-63)26-10-8-11-30(19-26)62-22-33-31(45(62)66-6)12-9-13-34(33)46(47,48)49)28-16-27(39-32(21-52-61(39)5)42-55-50-23-58(42)2)17-29(18-28)53-44(65)35-20-36(64)60(4)41(54-35)25-14-15-25/h8-13,16-21,23-25,45H,7,14-15,22H2,1-6H3,(H,53,65). The van der Waals surface area contributed by atoms with Crippen LogP contribution in [0.1, 0.15) is 64.9 Å². The minimum atomic E-state index is -4.54. The fourth-order valence-electron chi connectivity index (χ4n) is 8.94. The Kier molecular flexibility index (Phi) is 10.3. The van der Waals surface area contributed by atoms with Crippen LogP contribution in [-0.4, -0.2) is 71.7 Å². The van der Waals surface area contributed by atoms with Crippen LogP contribution < -0.4 is 15.8 Å². The van der Waals surface area contributed by atoms with E-state index in [-0.39, 0.29) is 29.3 Å². The van der Waals surface area contributed by atoms with Crippen molar-refractivity contribution in [2.24, 2.45) is 28.2 Å². The first-order valence-corrected chi connectivity index (χ1v) is 21.2. The number of hydrogen-bond donors (Lipinski definition) is 1. The molecule has 1 saturated carbocycles. The molecule has 1 fully saturated rings. The number of anilines is 2. The summed E-state index contributed by atoms with van der Waals surface area (Å²) in [4.78, 5) is 33.6. The van der Waals surface area contributed by atoms with Gasteiger partial charge in [0.2, 0.25) is 0 Å². The van der Waals surface area contributed by atoms with Crippen LogP contribution in [0.25, 0.3) is 56.5 Å². The molecule has 5 aromatic heterocycles. The number of benzene rings is 3. The Balaban J connectivity index is 1.14. The van der Waals surface area contributed by atoms with Gasteiger partial charge in [0.1, 0.15) is 29.9 Å². The van der Waals surface area contributed by atoms with Gasteiger partial charge in [-0.1, -0.05) is 24.3 Å². The van der Waals surface area contributed by atoms with Gasteiger partial charge >= 0.3 is 6.18 Å². The number of halogens is 3. The molecule has 66 heavy (non-hydrogen) atoms. The molecule has 1 aliphatic carbocycles. The smallest absolute Gasteiger partial charge is 0.357 e. The highest BCUT2D eigenvalue weighted by Gasteiger charge is 2.40. The lowest BCUT2D eigenvalue weighted by atomic mass is 9.97. The largest absolute Gasteiger partial charge is 0.416 e. The van der Waals surface area contributed by atoms with Crippen LogP contribution in [0.2, 0.25) is 0 Å². The Hall–Kier alpha value is -7.74. The zero-order valence-electron chi connectivity index (χ0n) is 36.7. The fourth-order valence-corrected chi connectivity index (χ4v) is 8.94. The first-order valence-electron chi connectivity index (χ1n) is 21.2. The monoisotopic (exact) mass is 896 g/mol. The minimum absolute atomic E-state index is 0.000701. The van der Waals surface area contributed by atoms with Gasteiger partial charge in [0.15, 0.2) is 17.9 Å². The zero-order valence-corrected chi connectivity index (χ0v) is 36.7. The minimum Gasteiger partial charge on any atom is -0.357 e. The number of nitrogens with one attached hydrogen (secondary N) is 1. The molecule has 0 spiro atoms. The molecule has 8 aromatic rings. The predicted molar refractivity (Wildman–Crippen MR) is 238 cm³/mol. The van der Waals surface area contributed by atoms with E-state index in [2.05, 4.69) is 35.8 Å². The van der Waals surface area contributed by atoms with Gasteiger partial charge in [-0.2, -0.15) is 23.4 Å². The van der Waals surface area contributed by atoms with E-state index in [1.807, 2.05) is 75.2 Å². The van der Waals surface area contributed by atoms with E-state index >= 15 is 0 Å². The number of carbonyl (C=O) groups is 1. The van der Waals surface area contributed by atoms with Gasteiger partial charge in [-0.15, -0.1) is 20.4 Å². The van der Waals surface area contributed by atoms with Crippen LogP contribution in [0.3, 0.4) is 0 Å². The third kappa shape index (κ3) is 7.22. The Morgan fingerprint density at radius 1 is 0.879 bits per heavy atom. The molecule has 1 aliphatic heterocycles. The molecule has 1 amide bonds. The number of amides is 1. The van der Waals surface area contributed by atoms with Crippen LogP contribution >= 0.6 is 0 Å². The average Bonchev–Trinajstić information content (AvgIpc) is 3.64. The summed E-state index contributed by atoms with van der Waals surface area (Å²) in [6.45, 7) is 2.33. The van der Waals surface area contributed by atoms with E-state index in [0.29, 0.717) is 85.9 Å². The topological polar surface area (TPSA) is 174 Å². The molecule has 10 rings (SSSR count). The maximum absolute atomic E-state index is 14.2. The number of ether oxygens (including phenoxy) is 1. The van der Waals surface area contributed by atoms with E-state index in [1.54, 1.807) is 50.7 Å². The summed E-state index contributed by atoms with van der Waals surface area (Å²) in [7, 11) is 8.61. The zero-order chi connectivity index (χ0) is 46.2. The third-order valence-electron chi connectivity index (χ3n) is 12.2. The van der Waals surface area contributed by atoms with Crippen molar-refractivity contribution in [2.45, 2.75) is 51.2 Å². The van der Waals surface area contributed by atoms with Crippen LogP contribution in [0.15, 0.2) is 90.4 Å². The lowest BCUT2D eigenvalue weighted by molar-refractivity contribution is -0.138. The number of aryl methyl sites for hydroxylation is 4. The van der Waals surface area contributed by atoms with Crippen molar-refractivity contribution in [3.63, 3.8) is 0 Å². The van der Waals surface area contributed by atoms with Gasteiger partial charge < -0.3 is 24.1 Å². The summed E-state index contributed by atoms with van der Waals surface area (Å²) in [5.74, 6) is 1.18. The number of hydrogen-bond acceptors (Lipinski definition) is 11. The molecule has 20 heteroatoms. The summed E-state index contributed by atoms with van der Waals surface area (Å²) in [6, 6.07) is 18.5. The predicted octanol–water partition coefficient (Wildman–Crippen LogP) is 7.14. The molecular formula is C46H43F3N14O3. The third-order valence-corrected chi connectivity index (χ3v) is 12.2. The second-order valence-corrected chi connectivity index (χ2v) is 16.5. The molecule has 1 unspecified atom stereocenters. The van der Waals surface area contributed by atoms with Gasteiger partial charge in [0.05, 0.1) is 34.3 Å². The van der Waals surface area contributed by atoms with Crippen LogP contribution in [-0.2, 0) is 52.2 Å². The molecule has 17 nitrogen and oxygen atoms in total. The molecular weight excluding hydrogens is 854 g/mol. The van der Waals surface area contributed by atoms with Crippen LogP contribution in [0, 0.1) is 0 Å². The summed E-state index contributed by atoms with van der Waals surface area (Å²) < 4.78 is 57.2. The van der Waals surface area contributed by atoms with Gasteiger partial charge in [-0.25, -0.2) is 4.98 Å². The molecule has 6 heterocycles. The first-order chi connectivity index (χ1) is 31.7. The number of alkyl halides is 3. The van der Waals surface area contributed by atoms with Crippen molar-refractivity contribution in [2.75, 3.05) is 17.3 Å². The second kappa shape index (κ2) is 16.1. The number of methoxy groups -OCH3 is 1. The van der Waals surface area contributed by atoms with Gasteiger partial charge in [0, 0.05) is 94.0 Å². The van der Waals surface area contributed by atoms with Crippen LogP contribution in [0.5, 0.6) is 0 Å². The van der Waals surface area contributed by atoms with Gasteiger partial charge in [0.25, 0.3) is 11.5 Å². The Labute approximate surface area is 375 Å². The van der Waals surface area contributed by atoms with Crippen molar-refractivity contribution in [1.29, 1.82) is 0 Å². The molecule has 1 N–H and O–H groups in total. The highest BCUT2D eigenvalue weighted by atomic mass is 19.4. The lowest BCUT2D eigenvalue weighted by Gasteiger charge is -2.26. The van der Waals surface area contributed by atoms with E-state index in [9.17, 15) is 22.8 Å². The molecule has 3 aromatic carbocycles. The number of fused-ring (bicyclic) bond motifs is 1. The number of carbonyl (C=O) groups excluding carboxylic acids is 1. The molecule has 0 radical (unpaired) electrons. The van der Waals surface area contributed by atoms with Gasteiger partial charge in [-0.3, -0.25) is 23.5 Å². The van der Waals surface area contributed by atoms with Crippen molar-refractivity contribution in [3.8, 4) is 56.5 Å². The maximum Gasteiger partial charge on any atom is 0.416 e. The molecule has 0 saturated heterocycles. The Morgan fingerprint density at radius 2 is 1.59 bits per heavy atom. The molecule has 336 valence electrons. The molecule has 0 bridgehead atoms. The highest BCUT2D eigenvalue weighted by molar-refractivity contribution is 6.04.